The number of halogens is 1. The molecular weight excluding hydrogens is 256 g/mol. The highest BCUT2D eigenvalue weighted by Gasteiger charge is 2.31. The van der Waals surface area contributed by atoms with Crippen LogP contribution in [-0.2, 0) is 0 Å². The van der Waals surface area contributed by atoms with Gasteiger partial charge >= 0.3 is 6.09 Å². The molecule has 1 aliphatic heterocycles. The van der Waals surface area contributed by atoms with E-state index >= 15 is 0 Å². The van der Waals surface area contributed by atoms with Gasteiger partial charge in [0, 0.05) is 12.6 Å². The van der Waals surface area contributed by atoms with Gasteiger partial charge < -0.3 is 15.3 Å². The Bertz CT molecular complexity index is 426. The molecule has 1 saturated heterocycles. The zero-order valence-corrected chi connectivity index (χ0v) is 10.8. The number of piperidine rings is 1. The second-order valence-electron chi connectivity index (χ2n) is 4.35. The molecule has 98 valence electrons. The second kappa shape index (κ2) is 5.39. The predicted octanol–water partition coefficient (Wildman–Crippen LogP) is 2.07. The number of aromatic nitrogens is 2. The molecule has 0 aromatic carbocycles. The minimum atomic E-state index is -0.879. The lowest BCUT2D eigenvalue weighted by atomic mass is 9.98. The van der Waals surface area contributed by atoms with E-state index in [1.807, 2.05) is 6.92 Å². The summed E-state index contributed by atoms with van der Waals surface area (Å²) >= 11 is 5.66. The first kappa shape index (κ1) is 12.9. The average Bonchev–Trinajstić information content (AvgIpc) is 2.34. The minimum absolute atomic E-state index is 0.0466. The number of amides is 1. The van der Waals surface area contributed by atoms with E-state index in [-0.39, 0.29) is 12.1 Å². The Morgan fingerprint density at radius 2 is 2.33 bits per heavy atom. The van der Waals surface area contributed by atoms with Crippen LogP contribution in [0.5, 0.6) is 0 Å². The van der Waals surface area contributed by atoms with Gasteiger partial charge in [0.25, 0.3) is 0 Å². The van der Waals surface area contributed by atoms with Crippen molar-refractivity contribution in [2.45, 2.75) is 31.8 Å². The van der Waals surface area contributed by atoms with Gasteiger partial charge in [-0.05, 0) is 31.9 Å². The molecule has 2 rings (SSSR count). The quantitative estimate of drug-likeness (QED) is 0.860. The molecule has 6 nitrogen and oxygen atoms in total. The molecule has 0 aliphatic carbocycles. The first-order valence-electron chi connectivity index (χ1n) is 5.83. The number of nitrogens with one attached hydrogen (secondary N) is 1. The smallest absolute Gasteiger partial charge is 0.407 e. The molecule has 7 heteroatoms. The van der Waals surface area contributed by atoms with Crippen molar-refractivity contribution in [3.63, 3.8) is 0 Å². The lowest BCUT2D eigenvalue weighted by Gasteiger charge is -2.38. The van der Waals surface area contributed by atoms with Crippen molar-refractivity contribution in [2.75, 3.05) is 11.9 Å². The Labute approximate surface area is 110 Å². The van der Waals surface area contributed by atoms with Crippen LogP contribution in [-0.4, -0.2) is 44.9 Å². The van der Waals surface area contributed by atoms with E-state index in [1.54, 1.807) is 12.1 Å². The van der Waals surface area contributed by atoms with Crippen molar-refractivity contribution in [1.82, 2.24) is 15.1 Å². The Balaban J connectivity index is 2.04. The molecule has 2 N–H and O–H groups in total. The first-order valence-corrected chi connectivity index (χ1v) is 6.21. The number of carbonyl (C=O) groups is 1. The molecule has 0 spiro atoms. The maximum absolute atomic E-state index is 11.1. The van der Waals surface area contributed by atoms with E-state index in [0.29, 0.717) is 17.5 Å². The van der Waals surface area contributed by atoms with Crippen LogP contribution in [0.25, 0.3) is 0 Å². The molecule has 2 unspecified atom stereocenters. The summed E-state index contributed by atoms with van der Waals surface area (Å²) in [7, 11) is 0. The lowest BCUT2D eigenvalue weighted by Crippen LogP contribution is -2.51. The van der Waals surface area contributed by atoms with Gasteiger partial charge in [-0.3, -0.25) is 0 Å². The SMILES string of the molecule is CC1C(Nc2ccc(Cl)nn2)CCCN1C(=O)O. The zero-order valence-electron chi connectivity index (χ0n) is 10.0. The molecule has 2 heterocycles. The van der Waals surface area contributed by atoms with Crippen molar-refractivity contribution in [1.29, 1.82) is 0 Å². The van der Waals surface area contributed by atoms with Crippen LogP contribution < -0.4 is 5.32 Å². The van der Waals surface area contributed by atoms with E-state index < -0.39 is 6.09 Å². The summed E-state index contributed by atoms with van der Waals surface area (Å²) in [5.41, 5.74) is 0. The molecule has 0 saturated carbocycles. The number of hydrogen-bond donors (Lipinski definition) is 2. The van der Waals surface area contributed by atoms with Gasteiger partial charge in [-0.25, -0.2) is 4.79 Å². The molecule has 1 aliphatic rings. The largest absolute Gasteiger partial charge is 0.465 e. The topological polar surface area (TPSA) is 78.4 Å². The monoisotopic (exact) mass is 270 g/mol. The fraction of sp³-hybridized carbons (Fsp3) is 0.545. The molecule has 2 atom stereocenters. The zero-order chi connectivity index (χ0) is 13.1. The van der Waals surface area contributed by atoms with Gasteiger partial charge in [0.05, 0.1) is 6.04 Å². The van der Waals surface area contributed by atoms with Gasteiger partial charge in [-0.1, -0.05) is 11.6 Å². The van der Waals surface area contributed by atoms with Gasteiger partial charge in [-0.15, -0.1) is 10.2 Å². The van der Waals surface area contributed by atoms with E-state index in [1.165, 1.54) is 4.90 Å². The minimum Gasteiger partial charge on any atom is -0.465 e. The Kier molecular flexibility index (Phi) is 3.86. The summed E-state index contributed by atoms with van der Waals surface area (Å²) < 4.78 is 0. The molecule has 1 amide bonds. The third kappa shape index (κ3) is 2.81. The van der Waals surface area contributed by atoms with E-state index in [9.17, 15) is 4.79 Å². The van der Waals surface area contributed by atoms with Crippen LogP contribution in [0, 0.1) is 0 Å². The van der Waals surface area contributed by atoms with Crippen molar-refractivity contribution in [2.24, 2.45) is 0 Å². The van der Waals surface area contributed by atoms with E-state index in [2.05, 4.69) is 15.5 Å². The lowest BCUT2D eigenvalue weighted by molar-refractivity contribution is 0.107. The molecule has 0 bridgehead atoms. The number of anilines is 1. The van der Waals surface area contributed by atoms with Crippen LogP contribution in [0.1, 0.15) is 19.8 Å². The normalized spacial score (nSPS) is 23.8. The molecular formula is C11H15ClN4O2. The van der Waals surface area contributed by atoms with Gasteiger partial charge in [0.15, 0.2) is 5.15 Å². The Hall–Kier alpha value is -1.56. The number of rotatable bonds is 2. The summed E-state index contributed by atoms with van der Waals surface area (Å²) in [6.07, 6.45) is 0.876. The van der Waals surface area contributed by atoms with E-state index in [4.69, 9.17) is 16.7 Å². The number of hydrogen-bond acceptors (Lipinski definition) is 4. The fourth-order valence-electron chi connectivity index (χ4n) is 2.19. The highest BCUT2D eigenvalue weighted by Crippen LogP contribution is 2.20. The number of likely N-dealkylation sites (tertiary alicyclic amines) is 1. The van der Waals surface area contributed by atoms with Crippen LogP contribution in [0.2, 0.25) is 5.15 Å². The van der Waals surface area contributed by atoms with Crippen molar-refractivity contribution in [3.05, 3.63) is 17.3 Å². The Morgan fingerprint density at radius 1 is 1.56 bits per heavy atom. The van der Waals surface area contributed by atoms with Crippen molar-refractivity contribution < 1.29 is 9.90 Å². The van der Waals surface area contributed by atoms with Crippen LogP contribution in [0.3, 0.4) is 0 Å². The van der Waals surface area contributed by atoms with Crippen LogP contribution in [0.4, 0.5) is 10.6 Å². The maximum atomic E-state index is 11.1. The highest BCUT2D eigenvalue weighted by atomic mass is 35.5. The first-order chi connectivity index (χ1) is 8.58. The maximum Gasteiger partial charge on any atom is 0.407 e. The second-order valence-corrected chi connectivity index (χ2v) is 4.74. The molecule has 1 aromatic rings. The average molecular weight is 271 g/mol. The predicted molar refractivity (Wildman–Crippen MR) is 67.9 cm³/mol. The molecule has 1 fully saturated rings. The Morgan fingerprint density at radius 3 is 2.94 bits per heavy atom. The highest BCUT2D eigenvalue weighted by molar-refractivity contribution is 6.29. The van der Waals surface area contributed by atoms with Gasteiger partial charge in [-0.2, -0.15) is 0 Å². The third-order valence-corrected chi connectivity index (χ3v) is 3.40. The molecule has 0 radical (unpaired) electrons. The van der Waals surface area contributed by atoms with Gasteiger partial charge in [0.1, 0.15) is 5.82 Å². The van der Waals surface area contributed by atoms with Crippen LogP contribution >= 0.6 is 11.6 Å². The summed E-state index contributed by atoms with van der Waals surface area (Å²) in [6.45, 7) is 2.48. The number of carboxylic acid groups (broad SMARTS) is 1. The van der Waals surface area contributed by atoms with E-state index in [0.717, 1.165) is 12.8 Å². The van der Waals surface area contributed by atoms with Crippen LogP contribution in [0.15, 0.2) is 12.1 Å². The molecule has 1 aromatic heterocycles. The summed E-state index contributed by atoms with van der Waals surface area (Å²) in [4.78, 5) is 12.5. The third-order valence-electron chi connectivity index (χ3n) is 3.20. The molecule has 18 heavy (non-hydrogen) atoms. The number of nitrogens with zero attached hydrogens (tertiary/aromatic N) is 3. The van der Waals surface area contributed by atoms with Crippen molar-refractivity contribution in [3.8, 4) is 0 Å². The van der Waals surface area contributed by atoms with Crippen molar-refractivity contribution >= 4 is 23.5 Å². The summed E-state index contributed by atoms with van der Waals surface area (Å²) in [6, 6.07) is 3.35. The van der Waals surface area contributed by atoms with Gasteiger partial charge in [0.2, 0.25) is 0 Å². The summed E-state index contributed by atoms with van der Waals surface area (Å²) in [5.74, 6) is 0.614. The summed E-state index contributed by atoms with van der Waals surface area (Å²) in [5, 5.41) is 20.3. The fourth-order valence-corrected chi connectivity index (χ4v) is 2.29. The standard InChI is InChI=1S/C11H15ClN4O2/c1-7-8(3-2-6-16(7)11(17)18)13-10-5-4-9(12)14-15-10/h4-5,7-8H,2-3,6H2,1H3,(H,13,15)(H,17,18).